The molecule has 0 spiro atoms. The SMILES string of the molecule is Cc1cn(-c2cc(CN3CCC[C@H](NC(=O)N4CCOCC4)C3)cc(NC(=O)c3cc(-c4ccccc4)ccn3)c2)cn1. The largest absolute Gasteiger partial charge is 0.378 e. The summed E-state index contributed by atoms with van der Waals surface area (Å²) in [5.74, 6) is -0.272. The predicted molar refractivity (Wildman–Crippen MR) is 165 cm³/mol. The zero-order chi connectivity index (χ0) is 29.6. The molecule has 0 aliphatic carbocycles. The molecule has 0 bridgehead atoms. The number of piperidine rings is 1. The van der Waals surface area contributed by atoms with Crippen LogP contribution in [-0.4, -0.2) is 81.7 Å². The maximum absolute atomic E-state index is 13.4. The van der Waals surface area contributed by atoms with Crippen molar-refractivity contribution in [3.63, 3.8) is 0 Å². The van der Waals surface area contributed by atoms with Gasteiger partial charge in [0.1, 0.15) is 5.69 Å². The Hall–Kier alpha value is -4.54. The molecule has 43 heavy (non-hydrogen) atoms. The van der Waals surface area contributed by atoms with E-state index in [1.165, 1.54) is 0 Å². The fourth-order valence-corrected chi connectivity index (χ4v) is 5.72. The highest BCUT2D eigenvalue weighted by Gasteiger charge is 2.25. The van der Waals surface area contributed by atoms with Crippen LogP contribution in [0.4, 0.5) is 10.5 Å². The fraction of sp³-hybridized carbons (Fsp3) is 0.333. The van der Waals surface area contributed by atoms with E-state index >= 15 is 0 Å². The van der Waals surface area contributed by atoms with E-state index in [0.29, 0.717) is 44.2 Å². The van der Waals surface area contributed by atoms with Crippen molar-refractivity contribution in [3.05, 3.63) is 96.3 Å². The lowest BCUT2D eigenvalue weighted by Crippen LogP contribution is -2.53. The van der Waals surface area contributed by atoms with E-state index < -0.39 is 0 Å². The fourth-order valence-electron chi connectivity index (χ4n) is 5.72. The Bertz CT molecular complexity index is 1570. The number of morpholine rings is 1. The molecule has 2 aliphatic rings. The third-order valence-corrected chi connectivity index (χ3v) is 7.88. The van der Waals surface area contributed by atoms with Crippen LogP contribution < -0.4 is 10.6 Å². The summed E-state index contributed by atoms with van der Waals surface area (Å²) in [5.41, 5.74) is 5.88. The van der Waals surface area contributed by atoms with Crippen LogP contribution in [-0.2, 0) is 11.3 Å². The Morgan fingerprint density at radius 2 is 1.81 bits per heavy atom. The summed E-state index contributed by atoms with van der Waals surface area (Å²) < 4.78 is 7.35. The number of likely N-dealkylation sites (tertiary alicyclic amines) is 1. The highest BCUT2D eigenvalue weighted by Crippen LogP contribution is 2.24. The molecular formula is C33H37N7O3. The monoisotopic (exact) mass is 579 g/mol. The van der Waals surface area contributed by atoms with Gasteiger partial charge in [-0.1, -0.05) is 30.3 Å². The molecule has 3 amide bonds. The van der Waals surface area contributed by atoms with Crippen molar-refractivity contribution in [2.45, 2.75) is 32.4 Å². The number of rotatable bonds is 7. The summed E-state index contributed by atoms with van der Waals surface area (Å²) in [6.07, 6.45) is 7.37. The number of anilines is 1. The number of imidazole rings is 1. The summed E-state index contributed by atoms with van der Waals surface area (Å²) in [7, 11) is 0. The molecule has 1 atom stereocenters. The molecule has 4 aromatic rings. The number of nitrogens with zero attached hydrogens (tertiary/aromatic N) is 5. The number of amides is 3. The molecule has 0 saturated carbocycles. The first-order valence-corrected chi connectivity index (χ1v) is 14.8. The van der Waals surface area contributed by atoms with E-state index in [9.17, 15) is 9.59 Å². The first kappa shape index (κ1) is 28.6. The van der Waals surface area contributed by atoms with Crippen molar-refractivity contribution in [2.75, 3.05) is 44.7 Å². The van der Waals surface area contributed by atoms with Gasteiger partial charge in [-0.2, -0.15) is 0 Å². The Labute approximate surface area is 251 Å². The second-order valence-corrected chi connectivity index (χ2v) is 11.2. The summed E-state index contributed by atoms with van der Waals surface area (Å²) in [4.78, 5) is 39.1. The maximum atomic E-state index is 13.4. The van der Waals surface area contributed by atoms with Gasteiger partial charge < -0.3 is 24.8 Å². The average Bonchev–Trinajstić information content (AvgIpc) is 3.48. The van der Waals surface area contributed by atoms with Crippen LogP contribution in [0.5, 0.6) is 0 Å². The molecule has 10 heteroatoms. The number of aryl methyl sites for hydroxylation is 1. The van der Waals surface area contributed by atoms with E-state index in [1.54, 1.807) is 12.5 Å². The van der Waals surface area contributed by atoms with Gasteiger partial charge in [0.05, 0.1) is 25.2 Å². The lowest BCUT2D eigenvalue weighted by Gasteiger charge is -2.35. The topological polar surface area (TPSA) is 105 Å². The summed E-state index contributed by atoms with van der Waals surface area (Å²) in [5, 5.41) is 6.31. The maximum Gasteiger partial charge on any atom is 0.317 e. The Balaban J connectivity index is 1.18. The molecule has 0 radical (unpaired) electrons. The minimum atomic E-state index is -0.272. The average molecular weight is 580 g/mol. The van der Waals surface area contributed by atoms with Crippen LogP contribution >= 0.6 is 0 Å². The van der Waals surface area contributed by atoms with Gasteiger partial charge >= 0.3 is 6.03 Å². The third-order valence-electron chi connectivity index (χ3n) is 7.88. The molecule has 2 aliphatic heterocycles. The standard InChI is InChI=1S/C33H37N7O3/c1-24-20-40(23-35-24)30-17-25(21-38-11-5-8-28(22-38)37-33(42)39-12-14-43-15-13-39)16-29(19-30)36-32(41)31-18-27(9-10-34-31)26-6-3-2-4-7-26/h2-4,6-7,9-10,16-20,23,28H,5,8,11-15,21-22H2,1H3,(H,36,41)(H,37,42)/t28-/m0/s1. The highest BCUT2D eigenvalue weighted by molar-refractivity contribution is 6.03. The smallest absolute Gasteiger partial charge is 0.317 e. The Morgan fingerprint density at radius 1 is 0.977 bits per heavy atom. The summed E-state index contributed by atoms with van der Waals surface area (Å²) >= 11 is 0. The van der Waals surface area contributed by atoms with Crippen molar-refractivity contribution in [1.29, 1.82) is 0 Å². The van der Waals surface area contributed by atoms with Crippen molar-refractivity contribution in [1.82, 2.24) is 29.7 Å². The van der Waals surface area contributed by atoms with Crippen LogP contribution in [0.1, 0.15) is 34.6 Å². The Morgan fingerprint density at radius 3 is 2.60 bits per heavy atom. The number of carbonyl (C=O) groups is 2. The lowest BCUT2D eigenvalue weighted by molar-refractivity contribution is 0.0513. The Kier molecular flexibility index (Phi) is 8.76. The zero-order valence-electron chi connectivity index (χ0n) is 24.4. The predicted octanol–water partition coefficient (Wildman–Crippen LogP) is 4.50. The molecule has 0 unspecified atom stereocenters. The molecule has 222 valence electrons. The molecular weight excluding hydrogens is 542 g/mol. The summed E-state index contributed by atoms with van der Waals surface area (Å²) in [6.45, 7) is 6.78. The second-order valence-electron chi connectivity index (χ2n) is 11.2. The van der Waals surface area contributed by atoms with Gasteiger partial charge in [-0.05, 0) is 73.3 Å². The number of urea groups is 1. The van der Waals surface area contributed by atoms with Crippen LogP contribution in [0.3, 0.4) is 0 Å². The quantitative estimate of drug-likeness (QED) is 0.334. The number of aromatic nitrogens is 3. The minimum Gasteiger partial charge on any atom is -0.378 e. The van der Waals surface area contributed by atoms with E-state index in [0.717, 1.165) is 54.0 Å². The molecule has 2 aromatic carbocycles. The van der Waals surface area contributed by atoms with Crippen molar-refractivity contribution in [2.24, 2.45) is 0 Å². The number of hydrogen-bond acceptors (Lipinski definition) is 6. The van der Waals surface area contributed by atoms with Gasteiger partial charge in [0.15, 0.2) is 0 Å². The first-order chi connectivity index (χ1) is 21.0. The molecule has 2 saturated heterocycles. The number of carbonyl (C=O) groups excluding carboxylic acids is 2. The zero-order valence-corrected chi connectivity index (χ0v) is 24.4. The van der Waals surface area contributed by atoms with Gasteiger partial charge in [0, 0.05) is 56.0 Å². The van der Waals surface area contributed by atoms with E-state index in [4.69, 9.17) is 4.74 Å². The second kappa shape index (κ2) is 13.2. The third kappa shape index (κ3) is 7.28. The molecule has 2 N–H and O–H groups in total. The lowest BCUT2D eigenvalue weighted by atomic mass is 10.0. The normalized spacial score (nSPS) is 17.4. The van der Waals surface area contributed by atoms with Gasteiger partial charge in [-0.3, -0.25) is 14.7 Å². The molecule has 4 heterocycles. The van der Waals surface area contributed by atoms with E-state index in [-0.39, 0.29) is 18.0 Å². The molecule has 2 aromatic heterocycles. The highest BCUT2D eigenvalue weighted by atomic mass is 16.5. The van der Waals surface area contributed by atoms with Crippen LogP contribution in [0.25, 0.3) is 16.8 Å². The van der Waals surface area contributed by atoms with E-state index in [2.05, 4.69) is 31.6 Å². The first-order valence-electron chi connectivity index (χ1n) is 14.8. The van der Waals surface area contributed by atoms with Gasteiger partial charge in [0.2, 0.25) is 0 Å². The molecule has 6 rings (SSSR count). The number of ether oxygens (including phenoxy) is 1. The van der Waals surface area contributed by atoms with Gasteiger partial charge in [-0.15, -0.1) is 0 Å². The minimum absolute atomic E-state index is 0.0115. The molecule has 2 fully saturated rings. The van der Waals surface area contributed by atoms with Crippen molar-refractivity contribution >= 4 is 17.6 Å². The van der Waals surface area contributed by atoms with Crippen LogP contribution in [0, 0.1) is 6.92 Å². The van der Waals surface area contributed by atoms with Crippen molar-refractivity contribution < 1.29 is 14.3 Å². The van der Waals surface area contributed by atoms with Crippen molar-refractivity contribution in [3.8, 4) is 16.8 Å². The van der Waals surface area contributed by atoms with Crippen LogP contribution in [0.2, 0.25) is 0 Å². The molecule has 10 nitrogen and oxygen atoms in total. The number of pyridine rings is 1. The van der Waals surface area contributed by atoms with Gasteiger partial charge in [-0.25, -0.2) is 9.78 Å². The number of hydrogen-bond donors (Lipinski definition) is 2. The van der Waals surface area contributed by atoms with E-state index in [1.807, 2.05) is 77.2 Å². The van der Waals surface area contributed by atoms with Gasteiger partial charge in [0.25, 0.3) is 5.91 Å². The summed E-state index contributed by atoms with van der Waals surface area (Å²) in [6, 6.07) is 19.8. The number of nitrogens with one attached hydrogen (secondary N) is 2. The van der Waals surface area contributed by atoms with Crippen LogP contribution in [0.15, 0.2) is 79.4 Å². The number of benzene rings is 2.